The van der Waals surface area contributed by atoms with Crippen molar-refractivity contribution in [1.82, 2.24) is 19.7 Å². The number of hydrogen-bond acceptors (Lipinski definition) is 4. The zero-order valence-corrected chi connectivity index (χ0v) is 14.9. The summed E-state index contributed by atoms with van der Waals surface area (Å²) in [4.78, 5) is 22.6. The van der Waals surface area contributed by atoms with Crippen molar-refractivity contribution in [2.75, 3.05) is 59.5 Å². The second-order valence-electron chi connectivity index (χ2n) is 7.39. The fourth-order valence-electron chi connectivity index (χ4n) is 3.99. The molecule has 0 saturated carbocycles. The lowest BCUT2D eigenvalue weighted by Gasteiger charge is -2.26. The van der Waals surface area contributed by atoms with Crippen molar-refractivity contribution in [2.45, 2.75) is 13.3 Å². The Bertz CT molecular complexity index is 559. The number of amides is 1. The Morgan fingerprint density at radius 3 is 2.75 bits per heavy atom. The molecule has 24 heavy (non-hydrogen) atoms. The van der Waals surface area contributed by atoms with E-state index in [0.29, 0.717) is 12.5 Å². The molecule has 3 rings (SSSR count). The predicted molar refractivity (Wildman–Crippen MR) is 94.1 cm³/mol. The van der Waals surface area contributed by atoms with E-state index in [2.05, 4.69) is 21.8 Å². The third kappa shape index (κ3) is 3.82. The highest BCUT2D eigenvalue weighted by atomic mass is 16.3. The summed E-state index contributed by atoms with van der Waals surface area (Å²) < 4.78 is 0. The van der Waals surface area contributed by atoms with Gasteiger partial charge in [0.05, 0.1) is 5.56 Å². The first-order valence-corrected chi connectivity index (χ1v) is 9.03. The summed E-state index contributed by atoms with van der Waals surface area (Å²) in [6.45, 7) is 8.93. The number of nitrogens with one attached hydrogen (secondary N) is 1. The summed E-state index contributed by atoms with van der Waals surface area (Å²) in [6.07, 6.45) is 3.01. The summed E-state index contributed by atoms with van der Waals surface area (Å²) in [6, 6.07) is 1.85. The minimum Gasteiger partial charge on any atom is -0.396 e. The lowest BCUT2D eigenvalue weighted by molar-refractivity contribution is 0.0778. The number of hydrogen-bond donors (Lipinski definition) is 2. The van der Waals surface area contributed by atoms with Crippen LogP contribution in [0.2, 0.25) is 0 Å². The zero-order valence-electron chi connectivity index (χ0n) is 14.9. The van der Waals surface area contributed by atoms with Crippen LogP contribution in [0.3, 0.4) is 0 Å². The van der Waals surface area contributed by atoms with E-state index in [1.165, 1.54) is 6.42 Å². The van der Waals surface area contributed by atoms with E-state index in [0.717, 1.165) is 50.5 Å². The van der Waals surface area contributed by atoms with Crippen LogP contribution in [-0.4, -0.2) is 90.2 Å². The van der Waals surface area contributed by atoms with Crippen molar-refractivity contribution in [2.24, 2.45) is 11.8 Å². The monoisotopic (exact) mass is 334 g/mol. The second kappa shape index (κ2) is 7.68. The topological polar surface area (TPSA) is 62.8 Å². The zero-order chi connectivity index (χ0) is 17.1. The van der Waals surface area contributed by atoms with Gasteiger partial charge < -0.3 is 24.8 Å². The SMILES string of the molecule is Cc1[nH]ccc1C(=O)N1C[C@@H](CN2CCCN(C)CC2)[C@@H](CO)C1. The maximum absolute atomic E-state index is 12.7. The highest BCUT2D eigenvalue weighted by molar-refractivity contribution is 5.95. The number of likely N-dealkylation sites (N-methyl/N-ethyl adjacent to an activating group) is 1. The van der Waals surface area contributed by atoms with Gasteiger partial charge in [0.1, 0.15) is 0 Å². The first kappa shape index (κ1) is 17.5. The molecule has 2 saturated heterocycles. The molecular weight excluding hydrogens is 304 g/mol. The number of H-pyrrole nitrogens is 1. The van der Waals surface area contributed by atoms with Crippen LogP contribution in [0.1, 0.15) is 22.5 Å². The Morgan fingerprint density at radius 2 is 2.04 bits per heavy atom. The van der Waals surface area contributed by atoms with Crippen LogP contribution in [0.15, 0.2) is 12.3 Å². The highest BCUT2D eigenvalue weighted by Crippen LogP contribution is 2.26. The molecule has 0 spiro atoms. The van der Waals surface area contributed by atoms with E-state index >= 15 is 0 Å². The van der Waals surface area contributed by atoms with Crippen LogP contribution in [0, 0.1) is 18.8 Å². The Balaban J connectivity index is 1.62. The molecule has 2 aliphatic rings. The molecule has 1 amide bonds. The second-order valence-corrected chi connectivity index (χ2v) is 7.39. The average Bonchev–Trinajstić information content (AvgIpc) is 3.11. The molecule has 6 heteroatoms. The van der Waals surface area contributed by atoms with Gasteiger partial charge in [-0.25, -0.2) is 0 Å². The molecular formula is C18H30N4O2. The van der Waals surface area contributed by atoms with Gasteiger partial charge in [0, 0.05) is 57.1 Å². The maximum atomic E-state index is 12.7. The number of rotatable bonds is 4. The van der Waals surface area contributed by atoms with Gasteiger partial charge in [-0.2, -0.15) is 0 Å². The number of aromatic amines is 1. The molecule has 0 aromatic carbocycles. The molecule has 3 heterocycles. The lowest BCUT2D eigenvalue weighted by Crippen LogP contribution is -2.36. The molecule has 0 aliphatic carbocycles. The van der Waals surface area contributed by atoms with Crippen LogP contribution in [0.4, 0.5) is 0 Å². The van der Waals surface area contributed by atoms with Crippen molar-refractivity contribution in [3.05, 3.63) is 23.5 Å². The molecule has 2 aliphatic heterocycles. The summed E-state index contributed by atoms with van der Waals surface area (Å²) in [5.41, 5.74) is 1.67. The molecule has 2 atom stereocenters. The summed E-state index contributed by atoms with van der Waals surface area (Å²) in [5, 5.41) is 9.78. The largest absolute Gasteiger partial charge is 0.396 e. The first-order valence-electron chi connectivity index (χ1n) is 9.03. The number of aryl methyl sites for hydroxylation is 1. The third-order valence-corrected chi connectivity index (χ3v) is 5.59. The van der Waals surface area contributed by atoms with E-state index in [9.17, 15) is 9.90 Å². The fourth-order valence-corrected chi connectivity index (χ4v) is 3.99. The quantitative estimate of drug-likeness (QED) is 0.848. The number of aliphatic hydroxyl groups excluding tert-OH is 1. The van der Waals surface area contributed by atoms with Crippen molar-refractivity contribution in [1.29, 1.82) is 0 Å². The number of likely N-dealkylation sites (tertiary alicyclic amines) is 1. The van der Waals surface area contributed by atoms with E-state index in [1.54, 1.807) is 0 Å². The summed E-state index contributed by atoms with van der Waals surface area (Å²) in [7, 11) is 2.18. The van der Waals surface area contributed by atoms with Crippen LogP contribution < -0.4 is 0 Å². The van der Waals surface area contributed by atoms with Crippen molar-refractivity contribution in [3.63, 3.8) is 0 Å². The number of nitrogens with zero attached hydrogens (tertiary/aromatic N) is 3. The lowest BCUT2D eigenvalue weighted by atomic mass is 9.96. The molecule has 134 valence electrons. The van der Waals surface area contributed by atoms with Crippen molar-refractivity contribution in [3.8, 4) is 0 Å². The molecule has 6 nitrogen and oxygen atoms in total. The van der Waals surface area contributed by atoms with Crippen LogP contribution >= 0.6 is 0 Å². The molecule has 0 radical (unpaired) electrons. The third-order valence-electron chi connectivity index (χ3n) is 5.59. The minimum atomic E-state index is 0.0882. The van der Waals surface area contributed by atoms with Crippen molar-refractivity contribution < 1.29 is 9.90 Å². The van der Waals surface area contributed by atoms with Gasteiger partial charge in [0.2, 0.25) is 0 Å². The normalized spacial score (nSPS) is 26.7. The Labute approximate surface area is 144 Å². The van der Waals surface area contributed by atoms with Gasteiger partial charge in [-0.15, -0.1) is 0 Å². The number of carbonyl (C=O) groups excluding carboxylic acids is 1. The van der Waals surface area contributed by atoms with Crippen molar-refractivity contribution >= 4 is 5.91 Å². The standard InChI is InChI=1S/C18H30N4O2/c1-14-17(4-5-19-14)18(24)22-11-15(16(12-22)13-23)10-21-7-3-6-20(2)8-9-21/h4-5,15-16,19,23H,3,6-13H2,1-2H3/t15-,16-/m1/s1. The number of carbonyl (C=O) groups is 1. The number of aliphatic hydroxyl groups is 1. The molecule has 2 fully saturated rings. The molecule has 1 aromatic rings. The van der Waals surface area contributed by atoms with E-state index in [1.807, 2.05) is 24.1 Å². The van der Waals surface area contributed by atoms with Crippen LogP contribution in [0.5, 0.6) is 0 Å². The summed E-state index contributed by atoms with van der Waals surface area (Å²) in [5.74, 6) is 0.640. The summed E-state index contributed by atoms with van der Waals surface area (Å²) >= 11 is 0. The van der Waals surface area contributed by atoms with Gasteiger partial charge in [-0.05, 0) is 45.5 Å². The van der Waals surface area contributed by atoms with Crippen LogP contribution in [-0.2, 0) is 0 Å². The highest BCUT2D eigenvalue weighted by Gasteiger charge is 2.36. The van der Waals surface area contributed by atoms with Gasteiger partial charge in [0.15, 0.2) is 0 Å². The van der Waals surface area contributed by atoms with Gasteiger partial charge in [-0.3, -0.25) is 4.79 Å². The van der Waals surface area contributed by atoms with E-state index in [-0.39, 0.29) is 18.4 Å². The van der Waals surface area contributed by atoms with Crippen LogP contribution in [0.25, 0.3) is 0 Å². The van der Waals surface area contributed by atoms with Gasteiger partial charge in [-0.1, -0.05) is 0 Å². The Morgan fingerprint density at radius 1 is 1.25 bits per heavy atom. The van der Waals surface area contributed by atoms with E-state index in [4.69, 9.17) is 0 Å². The minimum absolute atomic E-state index is 0.0882. The first-order chi connectivity index (χ1) is 11.6. The molecule has 1 aromatic heterocycles. The molecule has 0 unspecified atom stereocenters. The number of aromatic nitrogens is 1. The van der Waals surface area contributed by atoms with E-state index < -0.39 is 0 Å². The Kier molecular flexibility index (Phi) is 5.58. The maximum Gasteiger partial charge on any atom is 0.255 e. The van der Waals surface area contributed by atoms with Gasteiger partial charge >= 0.3 is 0 Å². The molecule has 0 bridgehead atoms. The Hall–Kier alpha value is -1.37. The molecule has 2 N–H and O–H groups in total. The predicted octanol–water partition coefficient (Wildman–Crippen LogP) is 0.641. The smallest absolute Gasteiger partial charge is 0.255 e. The average molecular weight is 334 g/mol. The fraction of sp³-hybridized carbons (Fsp3) is 0.722. The van der Waals surface area contributed by atoms with Gasteiger partial charge in [0.25, 0.3) is 5.91 Å².